The van der Waals surface area contributed by atoms with E-state index < -0.39 is 34.3 Å². The summed E-state index contributed by atoms with van der Waals surface area (Å²) in [4.78, 5) is 27.8. The first-order valence-corrected chi connectivity index (χ1v) is 13.7. The van der Waals surface area contributed by atoms with Crippen molar-refractivity contribution in [2.45, 2.75) is 37.8 Å². The van der Waals surface area contributed by atoms with Crippen LogP contribution >= 0.6 is 0 Å². The van der Waals surface area contributed by atoms with Gasteiger partial charge in [0.15, 0.2) is 0 Å². The molecule has 0 radical (unpaired) electrons. The third kappa shape index (κ3) is 6.89. The van der Waals surface area contributed by atoms with Gasteiger partial charge in [-0.3, -0.25) is 13.9 Å². The van der Waals surface area contributed by atoms with Gasteiger partial charge in [0, 0.05) is 13.1 Å². The Labute approximate surface area is 223 Å². The molecule has 202 valence electrons. The fourth-order valence-electron chi connectivity index (χ4n) is 3.79. The van der Waals surface area contributed by atoms with Crippen molar-refractivity contribution in [1.82, 2.24) is 10.2 Å². The number of nitrogens with one attached hydrogen (secondary N) is 1. The fourth-order valence-corrected chi connectivity index (χ4v) is 5.24. The van der Waals surface area contributed by atoms with E-state index in [1.165, 1.54) is 42.3 Å². The van der Waals surface area contributed by atoms with Gasteiger partial charge in [0.05, 0.1) is 17.7 Å². The Morgan fingerprint density at radius 2 is 1.61 bits per heavy atom. The Bertz CT molecular complexity index is 1330. The summed E-state index contributed by atoms with van der Waals surface area (Å²) in [5, 5.41) is 2.78. The van der Waals surface area contributed by atoms with Gasteiger partial charge in [-0.1, -0.05) is 49.4 Å². The number of rotatable bonds is 12. The summed E-state index contributed by atoms with van der Waals surface area (Å²) in [5.41, 5.74) is 0.440. The van der Waals surface area contributed by atoms with E-state index in [9.17, 15) is 22.4 Å². The highest BCUT2D eigenvalue weighted by Crippen LogP contribution is 2.27. The van der Waals surface area contributed by atoms with Crippen LogP contribution in [-0.4, -0.2) is 51.4 Å². The zero-order chi connectivity index (χ0) is 27.7. The minimum Gasteiger partial charge on any atom is -0.497 e. The van der Waals surface area contributed by atoms with Gasteiger partial charge in [0.2, 0.25) is 11.8 Å². The highest BCUT2D eigenvalue weighted by atomic mass is 32.2. The molecule has 3 aromatic rings. The van der Waals surface area contributed by atoms with E-state index >= 15 is 0 Å². The molecule has 0 heterocycles. The molecule has 3 rings (SSSR count). The van der Waals surface area contributed by atoms with Gasteiger partial charge in [0.25, 0.3) is 10.0 Å². The number of amides is 2. The number of methoxy groups -OCH3 is 1. The van der Waals surface area contributed by atoms with E-state index in [2.05, 4.69) is 5.32 Å². The second kappa shape index (κ2) is 13.0. The number of benzene rings is 3. The quantitative estimate of drug-likeness (QED) is 0.374. The van der Waals surface area contributed by atoms with Gasteiger partial charge in [-0.2, -0.15) is 0 Å². The lowest BCUT2D eigenvalue weighted by Crippen LogP contribution is -2.51. The van der Waals surface area contributed by atoms with Crippen LogP contribution in [0.2, 0.25) is 0 Å². The van der Waals surface area contributed by atoms with Crippen LogP contribution in [0.3, 0.4) is 0 Å². The maximum absolute atomic E-state index is 14.9. The largest absolute Gasteiger partial charge is 0.497 e. The van der Waals surface area contributed by atoms with Crippen LogP contribution in [-0.2, 0) is 26.2 Å². The number of nitrogens with zero attached hydrogens (tertiary/aromatic N) is 2. The molecular weight excluding hydrogens is 509 g/mol. The maximum atomic E-state index is 14.9. The lowest BCUT2D eigenvalue weighted by Gasteiger charge is -2.32. The van der Waals surface area contributed by atoms with Crippen molar-refractivity contribution in [3.8, 4) is 5.75 Å². The van der Waals surface area contributed by atoms with E-state index in [0.717, 1.165) is 10.4 Å². The van der Waals surface area contributed by atoms with E-state index in [1.807, 2.05) is 6.92 Å². The summed E-state index contributed by atoms with van der Waals surface area (Å²) >= 11 is 0. The highest BCUT2D eigenvalue weighted by molar-refractivity contribution is 7.92. The molecule has 8 nitrogen and oxygen atoms in total. The first kappa shape index (κ1) is 28.6. The van der Waals surface area contributed by atoms with Crippen molar-refractivity contribution in [3.63, 3.8) is 0 Å². The van der Waals surface area contributed by atoms with Crippen molar-refractivity contribution in [2.24, 2.45) is 0 Å². The van der Waals surface area contributed by atoms with E-state index in [-0.39, 0.29) is 23.0 Å². The fraction of sp³-hybridized carbons (Fsp3) is 0.286. The number of sulfonamides is 1. The predicted octanol–water partition coefficient (Wildman–Crippen LogP) is 3.97. The normalized spacial score (nSPS) is 11.9. The number of anilines is 1. The molecule has 38 heavy (non-hydrogen) atoms. The zero-order valence-corrected chi connectivity index (χ0v) is 22.4. The molecule has 0 bridgehead atoms. The molecule has 0 spiro atoms. The number of hydrogen-bond donors (Lipinski definition) is 1. The average molecular weight is 542 g/mol. The van der Waals surface area contributed by atoms with Crippen LogP contribution in [0.5, 0.6) is 5.75 Å². The first-order valence-electron chi connectivity index (χ1n) is 12.2. The molecule has 1 N–H and O–H groups in total. The van der Waals surface area contributed by atoms with Crippen LogP contribution in [0, 0.1) is 5.82 Å². The van der Waals surface area contributed by atoms with Gasteiger partial charge in [-0.25, -0.2) is 12.8 Å². The monoisotopic (exact) mass is 541 g/mol. The summed E-state index contributed by atoms with van der Waals surface area (Å²) in [6.07, 6.45) is 0.710. The molecule has 0 fully saturated rings. The molecule has 10 heteroatoms. The molecule has 0 aliphatic heterocycles. The molecule has 0 aliphatic rings. The molecule has 3 aromatic carbocycles. The first-order chi connectivity index (χ1) is 18.2. The lowest BCUT2D eigenvalue weighted by molar-refractivity contribution is -0.139. The van der Waals surface area contributed by atoms with E-state index in [4.69, 9.17) is 4.74 Å². The lowest BCUT2D eigenvalue weighted by atomic mass is 10.1. The number of para-hydroxylation sites is 1. The van der Waals surface area contributed by atoms with Gasteiger partial charge in [0.1, 0.15) is 24.2 Å². The molecule has 1 atom stereocenters. The van der Waals surface area contributed by atoms with Crippen molar-refractivity contribution in [3.05, 3.63) is 90.2 Å². The molecule has 0 aliphatic carbocycles. The number of hydrogen-bond acceptors (Lipinski definition) is 5. The topological polar surface area (TPSA) is 96.0 Å². The van der Waals surface area contributed by atoms with Gasteiger partial charge in [-0.15, -0.1) is 0 Å². The van der Waals surface area contributed by atoms with Gasteiger partial charge < -0.3 is 15.0 Å². The summed E-state index contributed by atoms with van der Waals surface area (Å²) in [6, 6.07) is 18.9. The standard InChI is InChI=1S/C28H32FN3O5S/c1-4-18-30-28(34)21(2)31(19-22-14-16-23(37-3)17-15-22)27(33)20-32(26-13-9-8-12-25(26)29)38(35,36)24-10-6-5-7-11-24/h5-17,21H,4,18-20H2,1-3H3,(H,30,34)/t21-/m0/s1. The number of carbonyl (C=O) groups is 2. The van der Waals surface area contributed by atoms with Crippen LogP contribution in [0.25, 0.3) is 0 Å². The molecule has 0 saturated heterocycles. The molecule has 2 amide bonds. The molecule has 0 saturated carbocycles. The predicted molar refractivity (Wildman–Crippen MR) is 144 cm³/mol. The molecule has 0 aromatic heterocycles. The molecule has 0 unspecified atom stereocenters. The summed E-state index contributed by atoms with van der Waals surface area (Å²) in [7, 11) is -2.78. The minimum atomic E-state index is -4.32. The molecular formula is C28H32FN3O5S. The second-order valence-electron chi connectivity index (χ2n) is 8.61. The summed E-state index contributed by atoms with van der Waals surface area (Å²) < 4.78 is 48.0. The Kier molecular flexibility index (Phi) is 9.84. The number of halogens is 1. The van der Waals surface area contributed by atoms with Crippen LogP contribution in [0.4, 0.5) is 10.1 Å². The summed E-state index contributed by atoms with van der Waals surface area (Å²) in [6.45, 7) is 3.23. The number of ether oxygens (including phenoxy) is 1. The maximum Gasteiger partial charge on any atom is 0.264 e. The van der Waals surface area contributed by atoms with Crippen molar-refractivity contribution in [2.75, 3.05) is 24.5 Å². The summed E-state index contributed by atoms with van der Waals surface area (Å²) in [5.74, 6) is -1.21. The Morgan fingerprint density at radius 3 is 2.21 bits per heavy atom. The van der Waals surface area contributed by atoms with Crippen LogP contribution < -0.4 is 14.4 Å². The Balaban J connectivity index is 2.01. The van der Waals surface area contributed by atoms with Crippen molar-refractivity contribution >= 4 is 27.5 Å². The third-order valence-corrected chi connectivity index (χ3v) is 7.73. The SMILES string of the molecule is CCCNC(=O)[C@H](C)N(Cc1ccc(OC)cc1)C(=O)CN(c1ccccc1F)S(=O)(=O)c1ccccc1. The number of carbonyl (C=O) groups excluding carboxylic acids is 2. The van der Waals surface area contributed by atoms with E-state index in [0.29, 0.717) is 24.3 Å². The van der Waals surface area contributed by atoms with Gasteiger partial charge >= 0.3 is 0 Å². The Hall–Kier alpha value is -3.92. The van der Waals surface area contributed by atoms with Crippen molar-refractivity contribution < 1.29 is 27.1 Å². The van der Waals surface area contributed by atoms with Gasteiger partial charge in [-0.05, 0) is 55.3 Å². The highest BCUT2D eigenvalue weighted by Gasteiger charge is 2.33. The van der Waals surface area contributed by atoms with Crippen LogP contribution in [0.15, 0.2) is 83.8 Å². The minimum absolute atomic E-state index is 0.0278. The second-order valence-corrected chi connectivity index (χ2v) is 10.5. The van der Waals surface area contributed by atoms with E-state index in [1.54, 1.807) is 49.4 Å². The Morgan fingerprint density at radius 1 is 0.974 bits per heavy atom. The smallest absolute Gasteiger partial charge is 0.264 e. The van der Waals surface area contributed by atoms with Crippen molar-refractivity contribution in [1.29, 1.82) is 0 Å². The zero-order valence-electron chi connectivity index (χ0n) is 21.6. The third-order valence-electron chi connectivity index (χ3n) is 5.96. The average Bonchev–Trinajstić information content (AvgIpc) is 2.94. The van der Waals surface area contributed by atoms with Crippen LogP contribution in [0.1, 0.15) is 25.8 Å².